The third kappa shape index (κ3) is 4.67. The zero-order chi connectivity index (χ0) is 17.0. The Balaban J connectivity index is 1.95. The molecule has 2 heterocycles. The maximum Gasteiger partial charge on any atom is 0.307 e. The summed E-state index contributed by atoms with van der Waals surface area (Å²) in [7, 11) is -3.47. The molecule has 0 aromatic carbocycles. The van der Waals surface area contributed by atoms with Crippen molar-refractivity contribution in [2.75, 3.05) is 25.4 Å². The number of nitrogens with zero attached hydrogens (tertiary/aromatic N) is 2. The molecule has 0 aliphatic carbocycles. The molecule has 2 rings (SSSR count). The molecule has 8 heteroatoms. The third-order valence-electron chi connectivity index (χ3n) is 4.87. The molecule has 2 fully saturated rings. The minimum absolute atomic E-state index is 0.00369. The standard InChI is InChI=1S/C15H26N2O5S/c1-12(18)17-9-3-2-6-14(17)7-10-23(21,22)16-8-4-5-13(11-16)15(19)20/h13-14H,2-11H2,1H3,(H,19,20). The second-order valence-electron chi connectivity index (χ2n) is 6.50. The second-order valence-corrected chi connectivity index (χ2v) is 8.59. The van der Waals surface area contributed by atoms with Gasteiger partial charge in [-0.25, -0.2) is 12.7 Å². The highest BCUT2D eigenvalue weighted by Crippen LogP contribution is 2.23. The molecule has 2 unspecified atom stereocenters. The molecule has 132 valence electrons. The lowest BCUT2D eigenvalue weighted by atomic mass is 10.00. The van der Waals surface area contributed by atoms with Crippen LogP contribution in [-0.2, 0) is 19.6 Å². The van der Waals surface area contributed by atoms with Gasteiger partial charge < -0.3 is 10.0 Å². The summed E-state index contributed by atoms with van der Waals surface area (Å²) in [5, 5.41) is 9.09. The molecule has 0 aromatic rings. The fourth-order valence-electron chi connectivity index (χ4n) is 3.53. The molecule has 0 radical (unpaired) electrons. The van der Waals surface area contributed by atoms with Crippen LogP contribution in [-0.4, -0.2) is 66.0 Å². The van der Waals surface area contributed by atoms with Gasteiger partial charge in [0.25, 0.3) is 0 Å². The summed E-state index contributed by atoms with van der Waals surface area (Å²) in [5.74, 6) is -1.56. The van der Waals surface area contributed by atoms with Crippen molar-refractivity contribution < 1.29 is 23.1 Å². The van der Waals surface area contributed by atoms with Gasteiger partial charge in [-0.1, -0.05) is 0 Å². The van der Waals surface area contributed by atoms with Gasteiger partial charge in [0.1, 0.15) is 0 Å². The number of carboxylic acid groups (broad SMARTS) is 1. The molecule has 2 saturated heterocycles. The van der Waals surface area contributed by atoms with Crippen LogP contribution in [0.1, 0.15) is 45.4 Å². The lowest BCUT2D eigenvalue weighted by Crippen LogP contribution is -2.46. The highest BCUT2D eigenvalue weighted by atomic mass is 32.2. The van der Waals surface area contributed by atoms with Gasteiger partial charge in [0.2, 0.25) is 15.9 Å². The number of carbonyl (C=O) groups excluding carboxylic acids is 1. The Labute approximate surface area is 137 Å². The Kier molecular flexibility index (Phi) is 6.02. The molecular weight excluding hydrogens is 320 g/mol. The number of hydrogen-bond acceptors (Lipinski definition) is 4. The number of sulfonamides is 1. The number of hydrogen-bond donors (Lipinski definition) is 1. The van der Waals surface area contributed by atoms with Crippen molar-refractivity contribution in [1.29, 1.82) is 0 Å². The second kappa shape index (κ2) is 7.61. The topological polar surface area (TPSA) is 95.0 Å². The van der Waals surface area contributed by atoms with E-state index >= 15 is 0 Å². The number of piperidine rings is 2. The molecule has 2 atom stereocenters. The van der Waals surface area contributed by atoms with E-state index in [1.54, 1.807) is 4.90 Å². The Morgan fingerprint density at radius 2 is 1.87 bits per heavy atom. The van der Waals surface area contributed by atoms with Gasteiger partial charge >= 0.3 is 5.97 Å². The van der Waals surface area contributed by atoms with Gasteiger partial charge in [-0.05, 0) is 38.5 Å². The average molecular weight is 346 g/mol. The minimum atomic E-state index is -3.47. The Morgan fingerprint density at radius 1 is 1.13 bits per heavy atom. The van der Waals surface area contributed by atoms with Crippen LogP contribution in [0.5, 0.6) is 0 Å². The number of carboxylic acids is 1. The smallest absolute Gasteiger partial charge is 0.307 e. The van der Waals surface area contributed by atoms with Gasteiger partial charge in [0.05, 0.1) is 11.7 Å². The maximum atomic E-state index is 12.5. The van der Waals surface area contributed by atoms with Gasteiger partial charge in [-0.15, -0.1) is 0 Å². The third-order valence-corrected chi connectivity index (χ3v) is 6.74. The summed E-state index contributed by atoms with van der Waals surface area (Å²) in [6, 6.07) is -0.0175. The van der Waals surface area contributed by atoms with E-state index in [9.17, 15) is 18.0 Å². The predicted molar refractivity (Wildman–Crippen MR) is 85.4 cm³/mol. The Morgan fingerprint density at radius 3 is 2.52 bits per heavy atom. The lowest BCUT2D eigenvalue weighted by Gasteiger charge is -2.36. The van der Waals surface area contributed by atoms with E-state index in [0.717, 1.165) is 19.3 Å². The molecular formula is C15H26N2O5S. The van der Waals surface area contributed by atoms with Crippen molar-refractivity contribution in [3.05, 3.63) is 0 Å². The Bertz CT molecular complexity index is 548. The van der Waals surface area contributed by atoms with E-state index in [1.807, 2.05) is 0 Å². The molecule has 23 heavy (non-hydrogen) atoms. The van der Waals surface area contributed by atoms with E-state index in [-0.39, 0.29) is 24.2 Å². The van der Waals surface area contributed by atoms with Crippen LogP contribution in [0.2, 0.25) is 0 Å². The van der Waals surface area contributed by atoms with E-state index in [0.29, 0.717) is 32.4 Å². The first-order chi connectivity index (χ1) is 10.8. The first kappa shape index (κ1) is 18.2. The number of likely N-dealkylation sites (tertiary alicyclic amines) is 1. The molecule has 1 amide bonds. The van der Waals surface area contributed by atoms with Crippen molar-refractivity contribution in [3.63, 3.8) is 0 Å². The van der Waals surface area contributed by atoms with E-state index < -0.39 is 21.9 Å². The molecule has 7 nitrogen and oxygen atoms in total. The molecule has 0 saturated carbocycles. The monoisotopic (exact) mass is 346 g/mol. The number of aliphatic carboxylic acids is 1. The van der Waals surface area contributed by atoms with E-state index in [2.05, 4.69) is 0 Å². The van der Waals surface area contributed by atoms with Crippen LogP contribution < -0.4 is 0 Å². The molecule has 2 aliphatic rings. The minimum Gasteiger partial charge on any atom is -0.481 e. The van der Waals surface area contributed by atoms with Crippen molar-refractivity contribution in [1.82, 2.24) is 9.21 Å². The van der Waals surface area contributed by atoms with Gasteiger partial charge in [-0.3, -0.25) is 9.59 Å². The summed E-state index contributed by atoms with van der Waals surface area (Å²) in [6.45, 7) is 2.69. The molecule has 0 aromatic heterocycles. The van der Waals surface area contributed by atoms with E-state index in [1.165, 1.54) is 11.2 Å². The summed E-state index contributed by atoms with van der Waals surface area (Å²) >= 11 is 0. The fourth-order valence-corrected chi connectivity index (χ4v) is 5.17. The molecule has 2 aliphatic heterocycles. The van der Waals surface area contributed by atoms with E-state index in [4.69, 9.17) is 5.11 Å². The van der Waals surface area contributed by atoms with Crippen LogP contribution in [0.15, 0.2) is 0 Å². The summed E-state index contributed by atoms with van der Waals surface area (Å²) < 4.78 is 26.3. The van der Waals surface area contributed by atoms with Crippen molar-refractivity contribution in [2.45, 2.75) is 51.5 Å². The quantitative estimate of drug-likeness (QED) is 0.798. The van der Waals surface area contributed by atoms with Crippen molar-refractivity contribution in [3.8, 4) is 0 Å². The van der Waals surface area contributed by atoms with Crippen LogP contribution in [0.3, 0.4) is 0 Å². The molecule has 1 N–H and O–H groups in total. The molecule has 0 bridgehead atoms. The van der Waals surface area contributed by atoms with Crippen LogP contribution in [0, 0.1) is 5.92 Å². The first-order valence-electron chi connectivity index (χ1n) is 8.29. The number of carbonyl (C=O) groups is 2. The van der Waals surface area contributed by atoms with Crippen molar-refractivity contribution in [2.24, 2.45) is 5.92 Å². The zero-order valence-corrected chi connectivity index (χ0v) is 14.4. The van der Waals surface area contributed by atoms with Gasteiger partial charge in [-0.2, -0.15) is 0 Å². The highest BCUT2D eigenvalue weighted by molar-refractivity contribution is 7.89. The fraction of sp³-hybridized carbons (Fsp3) is 0.867. The van der Waals surface area contributed by atoms with Crippen molar-refractivity contribution >= 4 is 21.9 Å². The van der Waals surface area contributed by atoms with Crippen LogP contribution >= 0.6 is 0 Å². The summed E-state index contributed by atoms with van der Waals surface area (Å²) in [4.78, 5) is 24.5. The number of rotatable bonds is 5. The largest absolute Gasteiger partial charge is 0.481 e. The van der Waals surface area contributed by atoms with Gasteiger partial charge in [0.15, 0.2) is 0 Å². The molecule has 0 spiro atoms. The predicted octanol–water partition coefficient (Wildman–Crippen LogP) is 0.904. The lowest BCUT2D eigenvalue weighted by molar-refractivity contribution is -0.143. The normalized spacial score (nSPS) is 26.9. The highest BCUT2D eigenvalue weighted by Gasteiger charge is 2.33. The summed E-state index contributed by atoms with van der Waals surface area (Å²) in [5.41, 5.74) is 0. The maximum absolute atomic E-state index is 12.5. The Hall–Kier alpha value is -1.15. The SMILES string of the molecule is CC(=O)N1CCCCC1CCS(=O)(=O)N1CCCC(C(=O)O)C1. The average Bonchev–Trinajstić information content (AvgIpc) is 2.53. The first-order valence-corrected chi connectivity index (χ1v) is 9.90. The summed E-state index contributed by atoms with van der Waals surface area (Å²) in [6.07, 6.45) is 4.36. The van der Waals surface area contributed by atoms with Crippen LogP contribution in [0.25, 0.3) is 0 Å². The zero-order valence-electron chi connectivity index (χ0n) is 13.6. The number of amides is 1. The van der Waals surface area contributed by atoms with Gasteiger partial charge in [0, 0.05) is 32.6 Å². The van der Waals surface area contributed by atoms with Crippen LogP contribution in [0.4, 0.5) is 0 Å².